The molecule has 0 aliphatic rings. The van der Waals surface area contributed by atoms with Crippen molar-refractivity contribution in [1.29, 1.82) is 0 Å². The van der Waals surface area contributed by atoms with E-state index in [0.29, 0.717) is 6.54 Å². The highest BCUT2D eigenvalue weighted by atomic mass is 16.2. The lowest BCUT2D eigenvalue weighted by atomic mass is 10.1. The minimum absolute atomic E-state index is 0.00491. The lowest BCUT2D eigenvalue weighted by molar-refractivity contribution is -0.128. The second-order valence-electron chi connectivity index (χ2n) is 2.70. The Balaban J connectivity index is 3.80. The van der Waals surface area contributed by atoms with Crippen LogP contribution in [0.4, 0.5) is 0 Å². The maximum absolute atomic E-state index is 10.7. The van der Waals surface area contributed by atoms with Crippen molar-refractivity contribution in [3.8, 4) is 0 Å². The SMILES string of the molecule is CCC(C=O)CN(C)C(C)=O. The van der Waals surface area contributed by atoms with Crippen molar-refractivity contribution in [1.82, 2.24) is 4.90 Å². The van der Waals surface area contributed by atoms with Gasteiger partial charge in [0.2, 0.25) is 5.91 Å². The summed E-state index contributed by atoms with van der Waals surface area (Å²) in [6.45, 7) is 3.97. The monoisotopic (exact) mass is 157 g/mol. The van der Waals surface area contributed by atoms with E-state index in [9.17, 15) is 9.59 Å². The van der Waals surface area contributed by atoms with Gasteiger partial charge in [0.25, 0.3) is 0 Å². The summed E-state index contributed by atoms with van der Waals surface area (Å²) in [6, 6.07) is 0. The van der Waals surface area contributed by atoms with Crippen LogP contribution in [0.2, 0.25) is 0 Å². The van der Waals surface area contributed by atoms with Crippen molar-refractivity contribution in [2.75, 3.05) is 13.6 Å². The molecule has 11 heavy (non-hydrogen) atoms. The lowest BCUT2D eigenvalue weighted by Gasteiger charge is -2.17. The molecule has 0 saturated heterocycles. The molecule has 1 amide bonds. The van der Waals surface area contributed by atoms with Crippen molar-refractivity contribution in [2.24, 2.45) is 5.92 Å². The predicted octanol–water partition coefficient (Wildman–Crippen LogP) is 0.690. The smallest absolute Gasteiger partial charge is 0.219 e. The summed E-state index contributed by atoms with van der Waals surface area (Å²) in [4.78, 5) is 22.6. The summed E-state index contributed by atoms with van der Waals surface area (Å²) in [6.07, 6.45) is 1.70. The molecule has 0 N–H and O–H groups in total. The number of carbonyl (C=O) groups excluding carboxylic acids is 2. The fourth-order valence-electron chi connectivity index (χ4n) is 0.749. The standard InChI is InChI=1S/C8H15NO2/c1-4-8(6-10)5-9(3)7(2)11/h6,8H,4-5H2,1-3H3. The largest absolute Gasteiger partial charge is 0.345 e. The van der Waals surface area contributed by atoms with E-state index in [1.54, 1.807) is 11.9 Å². The maximum Gasteiger partial charge on any atom is 0.219 e. The molecule has 3 heteroatoms. The van der Waals surface area contributed by atoms with Crippen LogP contribution in [0.15, 0.2) is 0 Å². The molecule has 0 aliphatic heterocycles. The fraction of sp³-hybridized carbons (Fsp3) is 0.750. The third-order valence-electron chi connectivity index (χ3n) is 1.76. The second kappa shape index (κ2) is 4.88. The van der Waals surface area contributed by atoms with Gasteiger partial charge in [-0.3, -0.25) is 4.79 Å². The molecule has 0 heterocycles. The van der Waals surface area contributed by atoms with E-state index in [2.05, 4.69) is 0 Å². The van der Waals surface area contributed by atoms with Crippen LogP contribution in [0, 0.1) is 5.92 Å². The van der Waals surface area contributed by atoms with Gasteiger partial charge in [0.05, 0.1) is 0 Å². The minimum Gasteiger partial charge on any atom is -0.345 e. The molecule has 3 nitrogen and oxygen atoms in total. The molecular formula is C8H15NO2. The number of hydrogen-bond acceptors (Lipinski definition) is 2. The molecule has 1 unspecified atom stereocenters. The van der Waals surface area contributed by atoms with Crippen LogP contribution in [0.1, 0.15) is 20.3 Å². The number of aldehydes is 1. The average Bonchev–Trinajstić information content (AvgIpc) is 1.99. The van der Waals surface area contributed by atoms with Gasteiger partial charge in [0.15, 0.2) is 0 Å². The molecule has 0 aliphatic carbocycles. The zero-order valence-electron chi connectivity index (χ0n) is 7.33. The van der Waals surface area contributed by atoms with E-state index in [-0.39, 0.29) is 11.8 Å². The van der Waals surface area contributed by atoms with Crippen molar-refractivity contribution in [3.05, 3.63) is 0 Å². The molecule has 0 aromatic rings. The maximum atomic E-state index is 10.7. The molecule has 1 atom stereocenters. The van der Waals surface area contributed by atoms with E-state index < -0.39 is 0 Å². The second-order valence-corrected chi connectivity index (χ2v) is 2.70. The van der Waals surface area contributed by atoms with Crippen LogP contribution in [0.3, 0.4) is 0 Å². The zero-order valence-corrected chi connectivity index (χ0v) is 7.33. The highest BCUT2D eigenvalue weighted by Gasteiger charge is 2.09. The molecule has 0 bridgehead atoms. The normalized spacial score (nSPS) is 12.3. The summed E-state index contributed by atoms with van der Waals surface area (Å²) in [5, 5.41) is 0. The Morgan fingerprint density at radius 1 is 1.64 bits per heavy atom. The first kappa shape index (κ1) is 10.1. The van der Waals surface area contributed by atoms with Crippen LogP contribution >= 0.6 is 0 Å². The first-order valence-electron chi connectivity index (χ1n) is 3.78. The van der Waals surface area contributed by atoms with Crippen LogP contribution in [-0.2, 0) is 9.59 Å². The van der Waals surface area contributed by atoms with E-state index in [1.165, 1.54) is 6.92 Å². The molecule has 0 saturated carbocycles. The fourth-order valence-corrected chi connectivity index (χ4v) is 0.749. The summed E-state index contributed by atoms with van der Waals surface area (Å²) in [5.41, 5.74) is 0. The van der Waals surface area contributed by atoms with Crippen molar-refractivity contribution >= 4 is 12.2 Å². The zero-order chi connectivity index (χ0) is 8.85. The summed E-state index contributed by atoms with van der Waals surface area (Å²) in [7, 11) is 1.70. The molecular weight excluding hydrogens is 142 g/mol. The third-order valence-corrected chi connectivity index (χ3v) is 1.76. The molecule has 0 aromatic carbocycles. The topological polar surface area (TPSA) is 37.4 Å². The molecule has 0 spiro atoms. The number of amides is 1. The van der Waals surface area contributed by atoms with Crippen LogP contribution in [0.25, 0.3) is 0 Å². The predicted molar refractivity (Wildman–Crippen MR) is 43.2 cm³/mol. The van der Waals surface area contributed by atoms with Crippen molar-refractivity contribution in [2.45, 2.75) is 20.3 Å². The summed E-state index contributed by atoms with van der Waals surface area (Å²) >= 11 is 0. The van der Waals surface area contributed by atoms with Gasteiger partial charge in [-0.2, -0.15) is 0 Å². The van der Waals surface area contributed by atoms with E-state index in [4.69, 9.17) is 0 Å². The Morgan fingerprint density at radius 2 is 2.18 bits per heavy atom. The summed E-state index contributed by atoms with van der Waals surface area (Å²) in [5.74, 6) is -0.00537. The molecule has 64 valence electrons. The highest BCUT2D eigenvalue weighted by Crippen LogP contribution is 2.00. The van der Waals surface area contributed by atoms with Gasteiger partial charge in [-0.1, -0.05) is 6.92 Å². The number of hydrogen-bond donors (Lipinski definition) is 0. The van der Waals surface area contributed by atoms with E-state index >= 15 is 0 Å². The van der Waals surface area contributed by atoms with Crippen LogP contribution < -0.4 is 0 Å². The number of nitrogens with zero attached hydrogens (tertiary/aromatic N) is 1. The Hall–Kier alpha value is -0.860. The minimum atomic E-state index is -0.0103. The number of rotatable bonds is 4. The summed E-state index contributed by atoms with van der Waals surface area (Å²) < 4.78 is 0. The Kier molecular flexibility index (Phi) is 4.50. The Labute approximate surface area is 67.4 Å². The van der Waals surface area contributed by atoms with Gasteiger partial charge >= 0.3 is 0 Å². The third kappa shape index (κ3) is 3.75. The Morgan fingerprint density at radius 3 is 2.45 bits per heavy atom. The van der Waals surface area contributed by atoms with Gasteiger partial charge in [0.1, 0.15) is 6.29 Å². The van der Waals surface area contributed by atoms with Crippen LogP contribution in [0.5, 0.6) is 0 Å². The van der Waals surface area contributed by atoms with Gasteiger partial charge in [-0.05, 0) is 6.42 Å². The highest BCUT2D eigenvalue weighted by molar-refractivity contribution is 5.73. The number of carbonyl (C=O) groups is 2. The first-order valence-corrected chi connectivity index (χ1v) is 3.78. The lowest BCUT2D eigenvalue weighted by Crippen LogP contribution is -2.30. The van der Waals surface area contributed by atoms with Crippen molar-refractivity contribution < 1.29 is 9.59 Å². The Bertz CT molecular complexity index is 145. The van der Waals surface area contributed by atoms with E-state index in [1.807, 2.05) is 6.92 Å². The molecule has 0 fully saturated rings. The molecule has 0 radical (unpaired) electrons. The van der Waals surface area contributed by atoms with Gasteiger partial charge < -0.3 is 9.69 Å². The van der Waals surface area contributed by atoms with E-state index in [0.717, 1.165) is 12.7 Å². The molecule has 0 rings (SSSR count). The quantitative estimate of drug-likeness (QED) is 0.563. The van der Waals surface area contributed by atoms with Crippen LogP contribution in [-0.4, -0.2) is 30.7 Å². The average molecular weight is 157 g/mol. The van der Waals surface area contributed by atoms with Gasteiger partial charge in [-0.25, -0.2) is 0 Å². The van der Waals surface area contributed by atoms with Gasteiger partial charge in [-0.15, -0.1) is 0 Å². The first-order chi connectivity index (χ1) is 5.11. The molecule has 0 aromatic heterocycles. The van der Waals surface area contributed by atoms with Crippen molar-refractivity contribution in [3.63, 3.8) is 0 Å². The van der Waals surface area contributed by atoms with Gasteiger partial charge in [0, 0.05) is 26.4 Å².